The molecule has 1 aliphatic heterocycles. The molecule has 1 heterocycles. The number of piperazine rings is 1. The Bertz CT molecular complexity index is 1230. The summed E-state index contributed by atoms with van der Waals surface area (Å²) in [6, 6.07) is 19.9. The van der Waals surface area contributed by atoms with Crippen LogP contribution in [-0.2, 0) is 21.4 Å². The summed E-state index contributed by atoms with van der Waals surface area (Å²) < 4.78 is 55.2. The highest BCUT2D eigenvalue weighted by molar-refractivity contribution is 7.89. The Kier molecular flexibility index (Phi) is 7.23. The summed E-state index contributed by atoms with van der Waals surface area (Å²) in [4.78, 5) is 16.7. The number of nitrogens with zero attached hydrogens (tertiary/aromatic N) is 3. The average Bonchev–Trinajstić information content (AvgIpc) is 2.86. The van der Waals surface area contributed by atoms with Gasteiger partial charge < -0.3 is 9.80 Å². The first-order valence-electron chi connectivity index (χ1n) is 10.9. The number of amides is 1. The number of carbonyl (C=O) groups excluding carboxylic acids is 1. The van der Waals surface area contributed by atoms with Crippen LogP contribution in [0.4, 0.5) is 14.5 Å². The summed E-state index contributed by atoms with van der Waals surface area (Å²) in [6.07, 6.45) is 0. The van der Waals surface area contributed by atoms with E-state index in [2.05, 4.69) is 0 Å². The standard InChI is InChI=1S/C25H25F2N3O3S/c26-21-12-10-20(11-13-21)18-30(34(32,33)22-6-2-1-3-7-22)19-25(31)29-16-14-28(15-17-29)24-9-5-4-8-23(24)27/h1-13H,14-19H2. The highest BCUT2D eigenvalue weighted by Gasteiger charge is 2.30. The zero-order chi connectivity index (χ0) is 24.1. The van der Waals surface area contributed by atoms with Crippen molar-refractivity contribution in [3.8, 4) is 0 Å². The van der Waals surface area contributed by atoms with Crippen LogP contribution in [0.1, 0.15) is 5.56 Å². The highest BCUT2D eigenvalue weighted by atomic mass is 32.2. The quantitative estimate of drug-likeness (QED) is 0.514. The lowest BCUT2D eigenvalue weighted by atomic mass is 10.2. The van der Waals surface area contributed by atoms with E-state index < -0.39 is 15.8 Å². The fraction of sp³-hybridized carbons (Fsp3) is 0.240. The number of benzene rings is 3. The SMILES string of the molecule is O=C(CN(Cc1ccc(F)cc1)S(=O)(=O)c1ccccc1)N1CCN(c2ccccc2F)CC1. The maximum atomic E-state index is 14.1. The van der Waals surface area contributed by atoms with Crippen LogP contribution in [0.25, 0.3) is 0 Å². The maximum Gasteiger partial charge on any atom is 0.243 e. The monoisotopic (exact) mass is 485 g/mol. The van der Waals surface area contributed by atoms with E-state index >= 15 is 0 Å². The first kappa shape index (κ1) is 23.8. The third-order valence-corrected chi connectivity index (χ3v) is 7.60. The molecule has 4 rings (SSSR count). The molecule has 1 fully saturated rings. The molecule has 0 spiro atoms. The van der Waals surface area contributed by atoms with E-state index in [0.717, 1.165) is 4.31 Å². The third kappa shape index (κ3) is 5.43. The molecule has 6 nitrogen and oxygen atoms in total. The fourth-order valence-corrected chi connectivity index (χ4v) is 5.32. The third-order valence-electron chi connectivity index (χ3n) is 5.79. The summed E-state index contributed by atoms with van der Waals surface area (Å²) in [6.45, 7) is 1.16. The molecule has 0 aromatic heterocycles. The van der Waals surface area contributed by atoms with Gasteiger partial charge in [-0.25, -0.2) is 17.2 Å². The number of halogens is 2. The molecule has 0 atom stereocenters. The maximum absolute atomic E-state index is 14.1. The Labute approximate surface area is 198 Å². The fourth-order valence-electron chi connectivity index (χ4n) is 3.92. The molecule has 1 aliphatic rings. The van der Waals surface area contributed by atoms with Crippen molar-refractivity contribution in [2.24, 2.45) is 0 Å². The molecule has 0 unspecified atom stereocenters. The van der Waals surface area contributed by atoms with Gasteiger partial charge in [-0.05, 0) is 42.0 Å². The van der Waals surface area contributed by atoms with Crippen molar-refractivity contribution in [3.63, 3.8) is 0 Å². The number of carbonyl (C=O) groups is 1. The van der Waals surface area contributed by atoms with Crippen LogP contribution in [0.3, 0.4) is 0 Å². The van der Waals surface area contributed by atoms with E-state index in [-0.39, 0.29) is 29.7 Å². The lowest BCUT2D eigenvalue weighted by Gasteiger charge is -2.37. The molecule has 0 bridgehead atoms. The van der Waals surface area contributed by atoms with Crippen molar-refractivity contribution in [2.45, 2.75) is 11.4 Å². The minimum Gasteiger partial charge on any atom is -0.366 e. The van der Waals surface area contributed by atoms with Gasteiger partial charge in [0, 0.05) is 32.7 Å². The molecular weight excluding hydrogens is 460 g/mol. The zero-order valence-corrected chi connectivity index (χ0v) is 19.3. The van der Waals surface area contributed by atoms with Crippen LogP contribution in [0.5, 0.6) is 0 Å². The van der Waals surface area contributed by atoms with Gasteiger partial charge in [0.05, 0.1) is 17.1 Å². The summed E-state index contributed by atoms with van der Waals surface area (Å²) in [5, 5.41) is 0. The summed E-state index contributed by atoms with van der Waals surface area (Å²) in [7, 11) is -3.97. The van der Waals surface area contributed by atoms with Crippen molar-refractivity contribution in [1.82, 2.24) is 9.21 Å². The second-order valence-electron chi connectivity index (χ2n) is 8.03. The first-order chi connectivity index (χ1) is 16.3. The number of hydrogen-bond donors (Lipinski definition) is 0. The van der Waals surface area contributed by atoms with Gasteiger partial charge in [0.2, 0.25) is 15.9 Å². The highest BCUT2D eigenvalue weighted by Crippen LogP contribution is 2.22. The minimum atomic E-state index is -3.97. The molecule has 0 radical (unpaired) electrons. The van der Waals surface area contributed by atoms with Crippen LogP contribution in [0, 0.1) is 11.6 Å². The molecule has 9 heteroatoms. The molecule has 0 saturated carbocycles. The second kappa shape index (κ2) is 10.3. The summed E-state index contributed by atoms with van der Waals surface area (Å²) in [5.74, 6) is -1.08. The predicted molar refractivity (Wildman–Crippen MR) is 126 cm³/mol. The van der Waals surface area contributed by atoms with Gasteiger partial charge in [0.25, 0.3) is 0 Å². The van der Waals surface area contributed by atoms with Crippen molar-refractivity contribution in [3.05, 3.63) is 96.1 Å². The smallest absolute Gasteiger partial charge is 0.243 e. The van der Waals surface area contributed by atoms with Crippen LogP contribution in [0.15, 0.2) is 83.8 Å². The average molecular weight is 486 g/mol. The number of sulfonamides is 1. The van der Waals surface area contributed by atoms with Crippen molar-refractivity contribution in [2.75, 3.05) is 37.6 Å². The normalized spacial score (nSPS) is 14.4. The molecule has 34 heavy (non-hydrogen) atoms. The Morgan fingerprint density at radius 3 is 2.09 bits per heavy atom. The Balaban J connectivity index is 1.49. The van der Waals surface area contributed by atoms with Gasteiger partial charge >= 0.3 is 0 Å². The van der Waals surface area contributed by atoms with Crippen LogP contribution >= 0.6 is 0 Å². The molecule has 1 saturated heterocycles. The zero-order valence-electron chi connectivity index (χ0n) is 18.5. The lowest BCUT2D eigenvalue weighted by Crippen LogP contribution is -2.52. The minimum absolute atomic E-state index is 0.0710. The van der Waals surface area contributed by atoms with E-state index in [0.29, 0.717) is 37.4 Å². The number of para-hydroxylation sites is 1. The Morgan fingerprint density at radius 1 is 0.824 bits per heavy atom. The van der Waals surface area contributed by atoms with Crippen LogP contribution in [-0.4, -0.2) is 56.3 Å². The van der Waals surface area contributed by atoms with E-state index in [4.69, 9.17) is 0 Å². The van der Waals surface area contributed by atoms with Crippen molar-refractivity contribution >= 4 is 21.6 Å². The number of rotatable bonds is 7. The summed E-state index contributed by atoms with van der Waals surface area (Å²) >= 11 is 0. The molecular formula is C25H25F2N3O3S. The lowest BCUT2D eigenvalue weighted by molar-refractivity contribution is -0.131. The van der Waals surface area contributed by atoms with Gasteiger partial charge in [-0.15, -0.1) is 0 Å². The van der Waals surface area contributed by atoms with Gasteiger partial charge in [0.1, 0.15) is 11.6 Å². The molecule has 178 valence electrons. The van der Waals surface area contributed by atoms with Crippen molar-refractivity contribution < 1.29 is 22.0 Å². The Hall–Kier alpha value is -3.30. The van der Waals surface area contributed by atoms with Gasteiger partial charge in [0.15, 0.2) is 0 Å². The van der Waals surface area contributed by atoms with Gasteiger partial charge in [-0.3, -0.25) is 4.79 Å². The predicted octanol–water partition coefficient (Wildman–Crippen LogP) is 3.50. The van der Waals surface area contributed by atoms with E-state index in [9.17, 15) is 22.0 Å². The Morgan fingerprint density at radius 2 is 1.44 bits per heavy atom. The van der Waals surface area contributed by atoms with E-state index in [1.165, 1.54) is 42.5 Å². The second-order valence-corrected chi connectivity index (χ2v) is 9.97. The molecule has 3 aromatic rings. The molecule has 3 aromatic carbocycles. The summed E-state index contributed by atoms with van der Waals surface area (Å²) in [5.41, 5.74) is 1.05. The molecule has 1 amide bonds. The van der Waals surface area contributed by atoms with E-state index in [1.807, 2.05) is 4.90 Å². The first-order valence-corrected chi connectivity index (χ1v) is 12.4. The topological polar surface area (TPSA) is 60.9 Å². The molecule has 0 N–H and O–H groups in total. The van der Waals surface area contributed by atoms with Gasteiger partial charge in [-0.1, -0.05) is 42.5 Å². The number of hydrogen-bond acceptors (Lipinski definition) is 4. The van der Waals surface area contributed by atoms with E-state index in [1.54, 1.807) is 41.3 Å². The van der Waals surface area contributed by atoms with Crippen LogP contribution < -0.4 is 4.90 Å². The molecule has 0 aliphatic carbocycles. The van der Waals surface area contributed by atoms with Gasteiger partial charge in [-0.2, -0.15) is 4.31 Å². The number of anilines is 1. The van der Waals surface area contributed by atoms with Crippen molar-refractivity contribution in [1.29, 1.82) is 0 Å². The van der Waals surface area contributed by atoms with Crippen LogP contribution in [0.2, 0.25) is 0 Å². The largest absolute Gasteiger partial charge is 0.366 e.